The van der Waals surface area contributed by atoms with Crippen LogP contribution in [0.5, 0.6) is 5.88 Å². The minimum atomic E-state index is -4.63. The molecule has 0 unspecified atom stereocenters. The van der Waals surface area contributed by atoms with E-state index in [1.165, 1.54) is 10.6 Å². The number of nitrogens with one attached hydrogen (secondary N) is 3. The third-order valence-corrected chi connectivity index (χ3v) is 6.00. The van der Waals surface area contributed by atoms with Gasteiger partial charge in [-0.05, 0) is 49.2 Å². The van der Waals surface area contributed by atoms with Gasteiger partial charge in [0.1, 0.15) is 12.3 Å². The van der Waals surface area contributed by atoms with Crippen molar-refractivity contribution in [3.8, 4) is 11.6 Å². The van der Waals surface area contributed by atoms with Gasteiger partial charge in [0.15, 0.2) is 0 Å². The number of rotatable bonds is 7. The number of aryl methyl sites for hydroxylation is 2. The number of carbonyl (C=O) groups excluding carboxylic acids is 1. The van der Waals surface area contributed by atoms with E-state index in [-0.39, 0.29) is 28.1 Å². The van der Waals surface area contributed by atoms with Gasteiger partial charge in [0.25, 0.3) is 5.91 Å². The Morgan fingerprint density at radius 2 is 1.73 bits per heavy atom. The molecule has 0 spiro atoms. The summed E-state index contributed by atoms with van der Waals surface area (Å²) in [5, 5.41) is 27.1. The van der Waals surface area contributed by atoms with Crippen LogP contribution in [0.4, 0.5) is 13.2 Å². The Morgan fingerprint density at radius 3 is 2.30 bits per heavy atom. The number of aromatic hydroxyl groups is 1. The lowest BCUT2D eigenvalue weighted by Crippen LogP contribution is -2.39. The summed E-state index contributed by atoms with van der Waals surface area (Å²) in [4.78, 5) is 12.5. The van der Waals surface area contributed by atoms with Crippen LogP contribution in [0.3, 0.4) is 0 Å². The zero-order valence-corrected chi connectivity index (χ0v) is 21.4. The Labute approximate surface area is 226 Å². The molecule has 10 nitrogen and oxygen atoms in total. The van der Waals surface area contributed by atoms with Crippen molar-refractivity contribution in [1.29, 1.82) is 10.9 Å². The molecule has 206 valence electrons. The summed E-state index contributed by atoms with van der Waals surface area (Å²) in [6.45, 7) is 3.08. The maximum atomic E-state index is 13.7. The number of benzene rings is 3. The molecule has 6 N–H and O–H groups in total. The first-order valence-corrected chi connectivity index (χ1v) is 11.8. The van der Waals surface area contributed by atoms with Crippen LogP contribution in [-0.4, -0.2) is 38.8 Å². The molecule has 0 aliphatic rings. The highest BCUT2D eigenvalue weighted by molar-refractivity contribution is 6.21. The second-order valence-corrected chi connectivity index (χ2v) is 9.01. The number of guanidine groups is 1. The fourth-order valence-electron chi connectivity index (χ4n) is 4.35. The summed E-state index contributed by atoms with van der Waals surface area (Å²) in [5.74, 6) is -1.80. The molecule has 4 rings (SSSR count). The van der Waals surface area contributed by atoms with Crippen LogP contribution < -0.4 is 11.2 Å². The van der Waals surface area contributed by atoms with Crippen LogP contribution in [-0.2, 0) is 11.0 Å². The van der Waals surface area contributed by atoms with Crippen LogP contribution in [0.2, 0.25) is 0 Å². The molecule has 0 bridgehead atoms. The van der Waals surface area contributed by atoms with Crippen LogP contribution >= 0.6 is 0 Å². The summed E-state index contributed by atoms with van der Waals surface area (Å²) in [6, 6.07) is 17.0. The first kappa shape index (κ1) is 27.8. The third kappa shape index (κ3) is 5.62. The van der Waals surface area contributed by atoms with Gasteiger partial charge in [0.2, 0.25) is 11.8 Å². The van der Waals surface area contributed by atoms with Gasteiger partial charge in [-0.25, -0.2) is 10.4 Å². The number of fused-ring (bicyclic) bond motifs is 1. The maximum Gasteiger partial charge on any atom is 0.416 e. The summed E-state index contributed by atoms with van der Waals surface area (Å²) >= 11 is 0. The van der Waals surface area contributed by atoms with E-state index in [2.05, 4.69) is 15.8 Å². The first-order chi connectivity index (χ1) is 18.9. The Morgan fingerprint density at radius 1 is 1.07 bits per heavy atom. The Kier molecular flexibility index (Phi) is 7.57. The molecule has 1 heterocycles. The molecule has 3 aromatic carbocycles. The molecule has 13 heteroatoms. The molecule has 1 aromatic heterocycles. The zero-order chi connectivity index (χ0) is 29.2. The Bertz CT molecular complexity index is 1630. The lowest BCUT2D eigenvalue weighted by molar-refractivity contribution is -0.137. The van der Waals surface area contributed by atoms with Crippen LogP contribution in [0.15, 0.2) is 77.1 Å². The summed E-state index contributed by atoms with van der Waals surface area (Å²) in [7, 11) is 0. The van der Waals surface area contributed by atoms with Crippen molar-refractivity contribution in [3.63, 3.8) is 0 Å². The van der Waals surface area contributed by atoms with Crippen LogP contribution in [0.1, 0.15) is 27.8 Å². The van der Waals surface area contributed by atoms with Crippen molar-refractivity contribution in [1.82, 2.24) is 15.0 Å². The van der Waals surface area contributed by atoms with Crippen molar-refractivity contribution in [2.24, 2.45) is 16.1 Å². The van der Waals surface area contributed by atoms with Gasteiger partial charge >= 0.3 is 6.18 Å². The molecule has 0 aliphatic heterocycles. The molecule has 4 aromatic rings. The van der Waals surface area contributed by atoms with Gasteiger partial charge in [0, 0.05) is 16.6 Å². The quantitative estimate of drug-likeness (QED) is 0.0952. The summed E-state index contributed by atoms with van der Waals surface area (Å²) < 4.78 is 42.5. The number of nitrogens with zero attached hydrogens (tertiary/aromatic N) is 4. The van der Waals surface area contributed by atoms with Gasteiger partial charge in [-0.3, -0.25) is 14.8 Å². The van der Waals surface area contributed by atoms with E-state index in [1.807, 2.05) is 19.9 Å². The molecule has 0 atom stereocenters. The number of halogens is 3. The predicted molar refractivity (Wildman–Crippen MR) is 143 cm³/mol. The highest BCUT2D eigenvalue weighted by Gasteiger charge is 2.32. The number of carbonyl (C=O) groups is 1. The van der Waals surface area contributed by atoms with Crippen LogP contribution in [0.25, 0.3) is 16.6 Å². The van der Waals surface area contributed by atoms with E-state index in [1.54, 1.807) is 42.5 Å². The van der Waals surface area contributed by atoms with E-state index in [4.69, 9.17) is 16.7 Å². The van der Waals surface area contributed by atoms with Gasteiger partial charge in [-0.1, -0.05) is 47.7 Å². The first-order valence-electron chi connectivity index (χ1n) is 11.8. The van der Waals surface area contributed by atoms with Crippen molar-refractivity contribution in [2.45, 2.75) is 20.0 Å². The van der Waals surface area contributed by atoms with Gasteiger partial charge in [-0.15, -0.1) is 0 Å². The van der Waals surface area contributed by atoms with Gasteiger partial charge in [-0.2, -0.15) is 23.8 Å². The third-order valence-electron chi connectivity index (χ3n) is 6.00. The second-order valence-electron chi connectivity index (χ2n) is 9.01. The second kappa shape index (κ2) is 10.9. The minimum Gasteiger partial charge on any atom is -0.494 e. The topological polar surface area (TPSA) is 156 Å². The predicted octanol–water partition coefficient (Wildman–Crippen LogP) is 4.98. The number of alkyl halides is 3. The van der Waals surface area contributed by atoms with Crippen molar-refractivity contribution >= 4 is 28.5 Å². The number of hydrogen-bond acceptors (Lipinski definition) is 6. The molecule has 0 fully saturated rings. The lowest BCUT2D eigenvalue weighted by Gasteiger charge is -2.13. The van der Waals surface area contributed by atoms with Gasteiger partial charge in [0.05, 0.1) is 16.6 Å². The molecule has 0 saturated carbocycles. The maximum absolute atomic E-state index is 13.7. The highest BCUT2D eigenvalue weighted by Crippen LogP contribution is 2.39. The van der Waals surface area contributed by atoms with E-state index >= 15 is 0 Å². The average Bonchev–Trinajstić information content (AvgIpc) is 3.18. The minimum absolute atomic E-state index is 0.0662. The van der Waals surface area contributed by atoms with E-state index in [9.17, 15) is 23.1 Å². The van der Waals surface area contributed by atoms with Crippen LogP contribution in [0, 0.1) is 24.8 Å². The van der Waals surface area contributed by atoms with Crippen molar-refractivity contribution < 1.29 is 23.1 Å². The Balaban J connectivity index is 1.97. The monoisotopic (exact) mass is 550 g/mol. The molecular formula is C27H25F3N8O2. The smallest absolute Gasteiger partial charge is 0.416 e. The number of amides is 1. The molecule has 40 heavy (non-hydrogen) atoms. The Hall–Kier alpha value is -5.20. The standard InChI is InChI=1S/C27H25F3N8O2/c1-15-10-16(2)12-19(11-15)38-21-13-18(27(28,29)30)8-9-20(21)23(25(38)40)24(17-6-4-3-5-7-17)35-34-22(39)14-37(36-33)26(31)32/h3-13,33,40H,14H2,1-2H3,(H3,31,32)(H,34,39). The van der Waals surface area contributed by atoms with Crippen molar-refractivity contribution in [2.75, 3.05) is 6.54 Å². The summed E-state index contributed by atoms with van der Waals surface area (Å²) in [5.41, 5.74) is 16.6. The lowest BCUT2D eigenvalue weighted by atomic mass is 10.0. The zero-order valence-electron chi connectivity index (χ0n) is 21.4. The molecule has 0 aliphatic carbocycles. The normalized spacial score (nSPS) is 11.9. The molecule has 1 amide bonds. The number of hydrazone groups is 1. The fraction of sp³-hybridized carbons (Fsp3) is 0.148. The average molecular weight is 551 g/mol. The number of hydrogen-bond donors (Lipinski definition) is 5. The van der Waals surface area contributed by atoms with Crippen molar-refractivity contribution in [3.05, 3.63) is 94.5 Å². The highest BCUT2D eigenvalue weighted by atomic mass is 19.4. The largest absolute Gasteiger partial charge is 0.494 e. The molecule has 0 radical (unpaired) electrons. The van der Waals surface area contributed by atoms with Gasteiger partial charge < -0.3 is 10.8 Å². The van der Waals surface area contributed by atoms with E-state index < -0.39 is 30.2 Å². The number of nitrogens with two attached hydrogens (primary N) is 1. The van der Waals surface area contributed by atoms with E-state index in [0.29, 0.717) is 16.3 Å². The molecule has 0 saturated heterocycles. The SMILES string of the molecule is Cc1cc(C)cc(-n2c(O)c(C(=NNC(=O)CN(N=N)C(=N)N)c3ccccc3)c3ccc(C(F)(F)F)cc32)c1. The van der Waals surface area contributed by atoms with E-state index in [0.717, 1.165) is 23.3 Å². The summed E-state index contributed by atoms with van der Waals surface area (Å²) in [6.07, 6.45) is -4.63. The fourth-order valence-corrected chi connectivity index (χ4v) is 4.35. The number of aromatic nitrogens is 1. The molecular weight excluding hydrogens is 525 g/mol.